The monoisotopic (exact) mass is 674 g/mol. The molecule has 1 saturated heterocycles. The minimum absolute atomic E-state index is 0.120. The number of nitrogens with one attached hydrogen (secondary N) is 1. The van der Waals surface area contributed by atoms with Gasteiger partial charge < -0.3 is 5.32 Å². The highest BCUT2D eigenvalue weighted by molar-refractivity contribution is 8.00. The summed E-state index contributed by atoms with van der Waals surface area (Å²) in [5, 5.41) is 7.72. The van der Waals surface area contributed by atoms with E-state index in [4.69, 9.17) is 28.3 Å². The number of hydrogen-bond donors (Lipinski definition) is 2. The number of benzene rings is 3. The van der Waals surface area contributed by atoms with Gasteiger partial charge in [0.05, 0.1) is 31.6 Å². The Labute approximate surface area is 263 Å². The third kappa shape index (κ3) is 5.30. The molecular weight excluding hydrogens is 655 g/mol. The summed E-state index contributed by atoms with van der Waals surface area (Å²) in [4.78, 5) is 55.1. The van der Waals surface area contributed by atoms with Crippen molar-refractivity contribution in [1.82, 2.24) is 4.57 Å². The molecule has 0 bridgehead atoms. The second-order valence-corrected chi connectivity index (χ2v) is 14.2. The molecule has 3 N–H and O–H groups in total. The summed E-state index contributed by atoms with van der Waals surface area (Å²) in [5.41, 5.74) is 1.22. The fourth-order valence-corrected chi connectivity index (χ4v) is 8.96. The maximum atomic E-state index is 13.9. The van der Waals surface area contributed by atoms with Crippen molar-refractivity contribution in [2.45, 2.75) is 27.6 Å². The number of para-hydroxylation sites is 1. The van der Waals surface area contributed by atoms with Crippen molar-refractivity contribution in [2.75, 3.05) is 10.2 Å². The lowest BCUT2D eigenvalue weighted by Gasteiger charge is -2.31. The van der Waals surface area contributed by atoms with Crippen molar-refractivity contribution < 1.29 is 22.8 Å². The van der Waals surface area contributed by atoms with Crippen LogP contribution >= 0.6 is 46.3 Å². The van der Waals surface area contributed by atoms with Crippen LogP contribution in [0.25, 0.3) is 0 Å². The van der Waals surface area contributed by atoms with Crippen molar-refractivity contribution in [3.8, 4) is 0 Å². The summed E-state index contributed by atoms with van der Waals surface area (Å²) in [5.74, 6) is -3.08. The molecule has 15 heteroatoms. The fourth-order valence-electron chi connectivity index (χ4n) is 5.25. The lowest BCUT2D eigenvalue weighted by Crippen LogP contribution is -2.33. The Hall–Kier alpha value is -3.46. The Morgan fingerprint density at radius 2 is 1.63 bits per heavy atom. The van der Waals surface area contributed by atoms with Gasteiger partial charge in [-0.25, -0.2) is 18.5 Å². The van der Waals surface area contributed by atoms with Crippen LogP contribution in [0.2, 0.25) is 10.0 Å². The van der Waals surface area contributed by atoms with Crippen LogP contribution in [0.5, 0.6) is 0 Å². The molecule has 43 heavy (non-hydrogen) atoms. The molecule has 3 amide bonds. The molecular formula is C28H20Cl2N4O6S3. The number of anilines is 2. The molecule has 10 nitrogen and oxygen atoms in total. The molecule has 0 aliphatic carbocycles. The van der Waals surface area contributed by atoms with Crippen LogP contribution in [-0.4, -0.2) is 36.0 Å². The van der Waals surface area contributed by atoms with Crippen LogP contribution in [0.1, 0.15) is 16.4 Å². The number of thioether (sulfide) groups is 1. The smallest absolute Gasteiger partial charge is 0.308 e. The quantitative estimate of drug-likeness (QED) is 0.290. The number of carbonyl (C=O) groups is 3. The lowest BCUT2D eigenvalue weighted by molar-refractivity contribution is -0.122. The van der Waals surface area contributed by atoms with E-state index in [2.05, 4.69) is 5.32 Å². The molecule has 6 rings (SSSR count). The van der Waals surface area contributed by atoms with Gasteiger partial charge in [0, 0.05) is 16.5 Å². The molecule has 4 aromatic rings. The predicted molar refractivity (Wildman–Crippen MR) is 165 cm³/mol. The predicted octanol–water partition coefficient (Wildman–Crippen LogP) is 4.30. The molecule has 2 unspecified atom stereocenters. The zero-order valence-electron chi connectivity index (χ0n) is 21.8. The fraction of sp³-hybridized carbons (Fsp3) is 0.143. The third-order valence-corrected chi connectivity index (χ3v) is 11.5. The SMILES string of the molecule is NS(=O)(=O)c1ccc(NC(=O)Cn2c3c(sc2=O)[C@H](c2cccc(Cl)c2Cl)C2C(=O)N(c4ccccc4)C(=O)C2S3)cc1. The molecule has 3 atom stereocenters. The number of sulfonamides is 1. The first kappa shape index (κ1) is 29.6. The first-order valence-electron chi connectivity index (χ1n) is 12.7. The van der Waals surface area contributed by atoms with Gasteiger partial charge in [0.2, 0.25) is 27.7 Å². The van der Waals surface area contributed by atoms with Crippen LogP contribution in [0.3, 0.4) is 0 Å². The molecule has 1 aromatic heterocycles. The molecule has 3 aromatic carbocycles. The molecule has 1 fully saturated rings. The number of nitrogens with zero attached hydrogens (tertiary/aromatic N) is 2. The number of imide groups is 1. The Morgan fingerprint density at radius 1 is 0.930 bits per heavy atom. The highest BCUT2D eigenvalue weighted by Gasteiger charge is 2.57. The zero-order chi connectivity index (χ0) is 30.6. The minimum atomic E-state index is -3.91. The molecule has 0 radical (unpaired) electrons. The van der Waals surface area contributed by atoms with Gasteiger partial charge in [-0.2, -0.15) is 0 Å². The number of nitrogens with two attached hydrogens (primary N) is 1. The maximum absolute atomic E-state index is 13.9. The lowest BCUT2D eigenvalue weighted by atomic mass is 9.83. The topological polar surface area (TPSA) is 149 Å². The number of halogens is 2. The zero-order valence-corrected chi connectivity index (χ0v) is 25.7. The number of fused-ring (bicyclic) bond motifs is 2. The number of aromatic nitrogens is 1. The van der Waals surface area contributed by atoms with E-state index >= 15 is 0 Å². The summed E-state index contributed by atoms with van der Waals surface area (Å²) in [7, 11) is -3.91. The Morgan fingerprint density at radius 3 is 2.30 bits per heavy atom. The number of rotatable bonds is 6. The number of thiazole rings is 1. The first-order chi connectivity index (χ1) is 20.5. The van der Waals surface area contributed by atoms with E-state index in [0.717, 1.165) is 28.0 Å². The van der Waals surface area contributed by atoms with E-state index in [1.807, 2.05) is 0 Å². The summed E-state index contributed by atoms with van der Waals surface area (Å²) < 4.78 is 24.3. The Bertz CT molecular complexity index is 1960. The average molecular weight is 676 g/mol. The molecule has 220 valence electrons. The highest BCUT2D eigenvalue weighted by atomic mass is 35.5. The van der Waals surface area contributed by atoms with Crippen LogP contribution in [0, 0.1) is 5.92 Å². The van der Waals surface area contributed by atoms with Crippen LogP contribution in [0.4, 0.5) is 11.4 Å². The summed E-state index contributed by atoms with van der Waals surface area (Å²) >= 11 is 14.9. The van der Waals surface area contributed by atoms with E-state index in [1.54, 1.807) is 48.5 Å². The van der Waals surface area contributed by atoms with Crippen LogP contribution in [-0.2, 0) is 31.0 Å². The van der Waals surface area contributed by atoms with Gasteiger partial charge in [-0.05, 0) is 48.0 Å². The van der Waals surface area contributed by atoms with Crippen molar-refractivity contribution in [1.29, 1.82) is 0 Å². The van der Waals surface area contributed by atoms with E-state index in [0.29, 0.717) is 26.8 Å². The molecule has 2 aliphatic rings. The molecule has 3 heterocycles. The molecule has 0 saturated carbocycles. The van der Waals surface area contributed by atoms with Crippen molar-refractivity contribution in [2.24, 2.45) is 11.1 Å². The van der Waals surface area contributed by atoms with E-state index < -0.39 is 56.2 Å². The average Bonchev–Trinajstić information content (AvgIpc) is 3.41. The normalized spacial score (nSPS) is 19.7. The van der Waals surface area contributed by atoms with E-state index in [1.165, 1.54) is 28.8 Å². The molecule has 2 aliphatic heterocycles. The highest BCUT2D eigenvalue weighted by Crippen LogP contribution is 2.55. The second kappa shape index (κ2) is 11.2. The van der Waals surface area contributed by atoms with E-state index in [-0.39, 0.29) is 14.9 Å². The van der Waals surface area contributed by atoms with E-state index in [9.17, 15) is 27.6 Å². The third-order valence-electron chi connectivity index (χ3n) is 7.15. The number of primary sulfonamides is 1. The standard InChI is InChI=1S/C28H20Cl2N4O6S3/c29-18-8-4-7-17(22(18)30)20-21-23(26(37)34(25(21)36)15-5-2-1-3-6-15)41-27-24(20)42-28(38)33(27)13-19(35)32-14-9-11-16(12-10-14)43(31,39)40/h1-12,20-21,23H,13H2,(H,32,35)(H2,31,39,40)/t20-,21?,23?/m1/s1. The van der Waals surface area contributed by atoms with Gasteiger partial charge in [-0.3, -0.25) is 23.7 Å². The van der Waals surface area contributed by atoms with Gasteiger partial charge in [0.15, 0.2) is 0 Å². The Kier molecular flexibility index (Phi) is 7.73. The van der Waals surface area contributed by atoms with Crippen LogP contribution < -0.4 is 20.2 Å². The summed E-state index contributed by atoms with van der Waals surface area (Å²) in [6.45, 7) is -0.396. The van der Waals surface area contributed by atoms with Gasteiger partial charge in [-0.1, -0.05) is 76.6 Å². The number of carbonyl (C=O) groups excluding carboxylic acids is 3. The van der Waals surface area contributed by atoms with Gasteiger partial charge in [0.25, 0.3) is 0 Å². The second-order valence-electron chi connectivity index (χ2n) is 9.77. The summed E-state index contributed by atoms with van der Waals surface area (Å²) in [6, 6.07) is 18.8. The maximum Gasteiger partial charge on any atom is 0.308 e. The van der Waals surface area contributed by atoms with Gasteiger partial charge in [0.1, 0.15) is 11.8 Å². The Balaban J connectivity index is 1.39. The van der Waals surface area contributed by atoms with Crippen molar-refractivity contribution in [3.05, 3.63) is 103 Å². The minimum Gasteiger partial charge on any atom is -0.325 e. The van der Waals surface area contributed by atoms with Gasteiger partial charge in [-0.15, -0.1) is 0 Å². The van der Waals surface area contributed by atoms with Crippen molar-refractivity contribution in [3.63, 3.8) is 0 Å². The number of amides is 3. The summed E-state index contributed by atoms with van der Waals surface area (Å²) in [6.07, 6.45) is 0. The van der Waals surface area contributed by atoms with Gasteiger partial charge >= 0.3 is 4.87 Å². The largest absolute Gasteiger partial charge is 0.325 e. The van der Waals surface area contributed by atoms with Crippen LogP contribution in [0.15, 0.2) is 87.5 Å². The van der Waals surface area contributed by atoms with Crippen molar-refractivity contribution >= 4 is 85.4 Å². The first-order valence-corrected chi connectivity index (χ1v) is 16.6. The number of hydrogen-bond acceptors (Lipinski definition) is 8. The molecule has 0 spiro atoms.